The van der Waals surface area contributed by atoms with Crippen molar-refractivity contribution >= 4 is 11.9 Å². The van der Waals surface area contributed by atoms with E-state index in [1.807, 2.05) is 13.8 Å². The third-order valence-electron chi connectivity index (χ3n) is 10.1. The van der Waals surface area contributed by atoms with Crippen molar-refractivity contribution in [2.45, 2.75) is 115 Å². The summed E-state index contributed by atoms with van der Waals surface area (Å²) in [4.78, 5) is 27.2. The third-order valence-corrected chi connectivity index (χ3v) is 10.1. The van der Waals surface area contributed by atoms with E-state index in [1.165, 1.54) is 0 Å². The average Bonchev–Trinajstić information content (AvgIpc) is 2.79. The Morgan fingerprint density at radius 1 is 0.629 bits per heavy atom. The molecule has 0 spiro atoms. The average molecular weight is 501 g/mol. The van der Waals surface area contributed by atoms with Crippen LogP contribution in [0.3, 0.4) is 0 Å². The summed E-state index contributed by atoms with van der Waals surface area (Å²) in [5.41, 5.74) is -3.19. The first-order valence-electron chi connectivity index (χ1n) is 13.4. The predicted molar refractivity (Wildman–Crippen MR) is 142 cm³/mol. The van der Waals surface area contributed by atoms with E-state index in [2.05, 4.69) is 69.2 Å². The minimum Gasteiger partial charge on any atom is -0.463 e. The van der Waals surface area contributed by atoms with E-state index in [4.69, 9.17) is 9.47 Å². The van der Waals surface area contributed by atoms with Crippen molar-refractivity contribution < 1.29 is 29.3 Å². The topological polar surface area (TPSA) is 93.1 Å². The number of rotatable bonds is 16. The lowest BCUT2D eigenvalue weighted by atomic mass is 9.45. The fourth-order valence-electron chi connectivity index (χ4n) is 5.44. The minimum absolute atomic E-state index is 0.0314. The molecule has 0 fully saturated rings. The summed E-state index contributed by atoms with van der Waals surface area (Å²) in [7, 11) is 0. The summed E-state index contributed by atoms with van der Waals surface area (Å²) < 4.78 is 11.1. The van der Waals surface area contributed by atoms with Gasteiger partial charge in [-0.1, -0.05) is 82.1 Å². The van der Waals surface area contributed by atoms with Crippen LogP contribution in [0.15, 0.2) is 0 Å². The van der Waals surface area contributed by atoms with Crippen molar-refractivity contribution in [3.05, 3.63) is 0 Å². The molecule has 0 amide bonds. The number of aliphatic hydroxyl groups excluding tert-OH is 2. The fourth-order valence-corrected chi connectivity index (χ4v) is 5.44. The second kappa shape index (κ2) is 12.4. The quantitative estimate of drug-likeness (QED) is 0.246. The maximum atomic E-state index is 13.7. The first-order valence-corrected chi connectivity index (χ1v) is 13.4. The second-order valence-electron chi connectivity index (χ2n) is 13.0. The molecule has 0 aliphatic carbocycles. The number of ether oxygens (including phenoxy) is 2. The van der Waals surface area contributed by atoms with Crippen LogP contribution < -0.4 is 0 Å². The van der Waals surface area contributed by atoms with Crippen molar-refractivity contribution in [1.29, 1.82) is 0 Å². The van der Waals surface area contributed by atoms with Gasteiger partial charge in [0.05, 0.1) is 24.0 Å². The Hall–Kier alpha value is -1.14. The first kappa shape index (κ1) is 33.9. The summed E-state index contributed by atoms with van der Waals surface area (Å²) >= 11 is 0. The van der Waals surface area contributed by atoms with Crippen LogP contribution in [-0.2, 0) is 19.1 Å². The highest BCUT2D eigenvalue weighted by Gasteiger charge is 2.61. The first-order chi connectivity index (χ1) is 15.8. The standard InChI is InChI=1S/C29H56O6/c1-13-24(4,5)20-29(12,23(33)35-19-17-31)26(8,9)27(10,15-3)21-28(11,25(6,7)14-2)22(32)34-18-16-30/h30-31H,13-21H2,1-12H3. The summed E-state index contributed by atoms with van der Waals surface area (Å²) in [5, 5.41) is 18.6. The van der Waals surface area contributed by atoms with Gasteiger partial charge in [-0.05, 0) is 54.8 Å². The van der Waals surface area contributed by atoms with Crippen molar-refractivity contribution in [1.82, 2.24) is 0 Å². The number of aliphatic hydroxyl groups is 2. The molecule has 6 heteroatoms. The van der Waals surface area contributed by atoms with E-state index in [-0.39, 0.29) is 49.2 Å². The smallest absolute Gasteiger partial charge is 0.312 e. The molecule has 0 aromatic rings. The molecule has 0 aliphatic heterocycles. The molecule has 2 N–H and O–H groups in total. The molecule has 0 aromatic carbocycles. The van der Waals surface area contributed by atoms with E-state index in [0.29, 0.717) is 12.8 Å². The Kier molecular flexibility index (Phi) is 12.0. The number of carbonyl (C=O) groups excluding carboxylic acids is 2. The Morgan fingerprint density at radius 3 is 1.40 bits per heavy atom. The van der Waals surface area contributed by atoms with Gasteiger partial charge in [0.1, 0.15) is 13.2 Å². The number of carbonyl (C=O) groups is 2. The van der Waals surface area contributed by atoms with Crippen molar-refractivity contribution in [3.63, 3.8) is 0 Å². The summed E-state index contributed by atoms with van der Waals surface area (Å²) in [6, 6.07) is 0. The molecule has 208 valence electrons. The van der Waals surface area contributed by atoms with Gasteiger partial charge in [0, 0.05) is 0 Å². The maximum absolute atomic E-state index is 13.7. The van der Waals surface area contributed by atoms with Crippen LogP contribution in [-0.4, -0.2) is 48.6 Å². The van der Waals surface area contributed by atoms with E-state index < -0.39 is 21.7 Å². The summed E-state index contributed by atoms with van der Waals surface area (Å²) in [5.74, 6) is -0.621. The van der Waals surface area contributed by atoms with Gasteiger partial charge in [0.25, 0.3) is 0 Å². The molecule has 35 heavy (non-hydrogen) atoms. The number of esters is 2. The lowest BCUT2D eigenvalue weighted by molar-refractivity contribution is -0.185. The van der Waals surface area contributed by atoms with E-state index in [1.54, 1.807) is 0 Å². The molecule has 0 bridgehead atoms. The number of hydrogen-bond acceptors (Lipinski definition) is 6. The monoisotopic (exact) mass is 500 g/mol. The van der Waals surface area contributed by atoms with Crippen LogP contribution in [0.25, 0.3) is 0 Å². The van der Waals surface area contributed by atoms with Gasteiger partial charge in [0.2, 0.25) is 0 Å². The summed E-state index contributed by atoms with van der Waals surface area (Å²) in [6.45, 7) is 24.7. The molecule has 3 atom stereocenters. The molecule has 0 aliphatic rings. The van der Waals surface area contributed by atoms with Gasteiger partial charge in [-0.3, -0.25) is 9.59 Å². The van der Waals surface area contributed by atoms with Gasteiger partial charge in [0.15, 0.2) is 0 Å². The van der Waals surface area contributed by atoms with E-state index in [0.717, 1.165) is 19.3 Å². The fraction of sp³-hybridized carbons (Fsp3) is 0.931. The molecular weight excluding hydrogens is 444 g/mol. The largest absolute Gasteiger partial charge is 0.463 e. The Bertz CT molecular complexity index is 697. The van der Waals surface area contributed by atoms with Gasteiger partial charge in [-0.2, -0.15) is 0 Å². The lowest BCUT2D eigenvalue weighted by Crippen LogP contribution is -2.57. The van der Waals surface area contributed by atoms with E-state index in [9.17, 15) is 19.8 Å². The van der Waals surface area contributed by atoms with Crippen LogP contribution in [0.4, 0.5) is 0 Å². The molecule has 0 saturated carbocycles. The predicted octanol–water partition coefficient (Wildman–Crippen LogP) is 6.17. The molecule has 0 heterocycles. The SMILES string of the molecule is CCC(C)(C)CC(C)(C(=O)OCCO)C(C)(C)C(C)(CC)CC(C)(C(=O)OCCO)C(C)(C)CC. The zero-order valence-electron chi connectivity index (χ0n) is 24.9. The van der Waals surface area contributed by atoms with Crippen LogP contribution in [0.2, 0.25) is 0 Å². The Labute approximate surface area is 215 Å². The highest BCUT2D eigenvalue weighted by molar-refractivity contribution is 5.79. The zero-order chi connectivity index (χ0) is 27.9. The van der Waals surface area contributed by atoms with E-state index >= 15 is 0 Å². The molecule has 0 radical (unpaired) electrons. The van der Waals surface area contributed by atoms with Crippen LogP contribution in [0.1, 0.15) is 115 Å². The van der Waals surface area contributed by atoms with Crippen LogP contribution in [0.5, 0.6) is 0 Å². The normalized spacial score (nSPS) is 18.2. The third kappa shape index (κ3) is 7.00. The highest BCUT2D eigenvalue weighted by atomic mass is 16.5. The summed E-state index contributed by atoms with van der Waals surface area (Å²) in [6.07, 6.45) is 3.56. The van der Waals surface area contributed by atoms with Gasteiger partial charge < -0.3 is 19.7 Å². The molecule has 0 saturated heterocycles. The van der Waals surface area contributed by atoms with Crippen molar-refractivity contribution in [2.24, 2.45) is 32.5 Å². The van der Waals surface area contributed by atoms with Gasteiger partial charge in [-0.15, -0.1) is 0 Å². The second-order valence-corrected chi connectivity index (χ2v) is 13.0. The highest BCUT2D eigenvalue weighted by Crippen LogP contribution is 2.63. The molecular formula is C29H56O6. The molecule has 0 aromatic heterocycles. The zero-order valence-corrected chi connectivity index (χ0v) is 24.9. The minimum atomic E-state index is -0.862. The van der Waals surface area contributed by atoms with Crippen LogP contribution >= 0.6 is 0 Å². The molecule has 6 nitrogen and oxygen atoms in total. The van der Waals surface area contributed by atoms with Crippen molar-refractivity contribution in [2.75, 3.05) is 26.4 Å². The molecule has 3 unspecified atom stereocenters. The van der Waals surface area contributed by atoms with Crippen molar-refractivity contribution in [3.8, 4) is 0 Å². The Balaban J connectivity index is 6.86. The van der Waals surface area contributed by atoms with Gasteiger partial charge >= 0.3 is 11.9 Å². The van der Waals surface area contributed by atoms with Gasteiger partial charge in [-0.25, -0.2) is 0 Å². The lowest BCUT2D eigenvalue weighted by Gasteiger charge is -2.58. The Morgan fingerprint density at radius 2 is 1.06 bits per heavy atom. The molecule has 0 rings (SSSR count). The number of hydrogen-bond donors (Lipinski definition) is 2. The van der Waals surface area contributed by atoms with Crippen LogP contribution in [0, 0.1) is 32.5 Å². The maximum Gasteiger partial charge on any atom is 0.312 e.